The van der Waals surface area contributed by atoms with Crippen LogP contribution in [0.15, 0.2) is 0 Å². The van der Waals surface area contributed by atoms with E-state index in [1.165, 1.54) is 0 Å². The first-order valence-electron chi connectivity index (χ1n) is 5.71. The Bertz CT molecular complexity index is 218. The van der Waals surface area contributed by atoms with Gasteiger partial charge < -0.3 is 15.1 Å². The van der Waals surface area contributed by atoms with Crippen molar-refractivity contribution in [1.29, 1.82) is 0 Å². The smallest absolute Gasteiger partial charge is 0.239 e. The maximum absolute atomic E-state index is 11.6. The van der Waals surface area contributed by atoms with Gasteiger partial charge in [-0.1, -0.05) is 0 Å². The molecule has 4 heteroatoms. The van der Waals surface area contributed by atoms with Crippen LogP contribution in [0, 0.1) is 0 Å². The zero-order valence-electron chi connectivity index (χ0n) is 10.3. The Labute approximate surface area is 92.6 Å². The van der Waals surface area contributed by atoms with Gasteiger partial charge in [-0.25, -0.2) is 0 Å². The lowest BCUT2D eigenvalue weighted by molar-refractivity contribution is -0.128. The zero-order chi connectivity index (χ0) is 11.4. The average molecular weight is 213 g/mol. The summed E-state index contributed by atoms with van der Waals surface area (Å²) in [6, 6.07) is 0.615. The van der Waals surface area contributed by atoms with Crippen LogP contribution in [0.5, 0.6) is 0 Å². The summed E-state index contributed by atoms with van der Waals surface area (Å²) in [5.74, 6) is 0.238. The number of likely N-dealkylation sites (N-methyl/N-ethyl adjacent to an activating group) is 2. The number of nitrogens with zero attached hydrogens (tertiary/aromatic N) is 2. The van der Waals surface area contributed by atoms with Crippen LogP contribution < -0.4 is 5.32 Å². The van der Waals surface area contributed by atoms with E-state index in [0.29, 0.717) is 6.04 Å². The Hall–Kier alpha value is -0.610. The van der Waals surface area contributed by atoms with E-state index in [-0.39, 0.29) is 11.9 Å². The van der Waals surface area contributed by atoms with Crippen molar-refractivity contribution in [3.8, 4) is 0 Å². The quantitative estimate of drug-likeness (QED) is 0.706. The number of rotatable bonds is 5. The highest BCUT2D eigenvalue weighted by Gasteiger charge is 2.28. The molecular formula is C11H23N3O. The normalized spacial score (nSPS) is 22.1. The summed E-state index contributed by atoms with van der Waals surface area (Å²) in [5, 5.41) is 3.31. The Balaban J connectivity index is 2.18. The second-order valence-corrected chi connectivity index (χ2v) is 4.63. The average Bonchev–Trinajstić information content (AvgIpc) is 2.49. The molecule has 1 amide bonds. The number of carbonyl (C=O) groups excluding carboxylic acids is 1. The summed E-state index contributed by atoms with van der Waals surface area (Å²) in [6.07, 6.45) is 0.945. The molecule has 0 radical (unpaired) electrons. The molecule has 1 heterocycles. The first-order chi connectivity index (χ1) is 7.02. The van der Waals surface area contributed by atoms with Gasteiger partial charge in [-0.3, -0.25) is 4.79 Å². The van der Waals surface area contributed by atoms with Crippen LogP contribution in [0.3, 0.4) is 0 Å². The van der Waals surface area contributed by atoms with Crippen LogP contribution >= 0.6 is 0 Å². The highest BCUT2D eigenvalue weighted by Crippen LogP contribution is 2.07. The second kappa shape index (κ2) is 5.47. The maximum atomic E-state index is 11.6. The molecule has 0 aromatic rings. The minimum Gasteiger partial charge on any atom is -0.344 e. The fraction of sp³-hybridized carbons (Fsp3) is 0.909. The van der Waals surface area contributed by atoms with Crippen LogP contribution in [-0.4, -0.2) is 61.5 Å². The highest BCUT2D eigenvalue weighted by molar-refractivity contribution is 5.83. The molecule has 0 aliphatic carbocycles. The lowest BCUT2D eigenvalue weighted by Gasteiger charge is -2.22. The Morgan fingerprint density at radius 2 is 2.27 bits per heavy atom. The number of hydrogen-bond acceptors (Lipinski definition) is 3. The zero-order valence-corrected chi connectivity index (χ0v) is 10.3. The van der Waals surface area contributed by atoms with Crippen molar-refractivity contribution in [2.45, 2.75) is 32.4 Å². The molecule has 0 aromatic heterocycles. The fourth-order valence-electron chi connectivity index (χ4n) is 1.69. The van der Waals surface area contributed by atoms with E-state index in [4.69, 9.17) is 0 Å². The molecule has 1 aliphatic heterocycles. The SMILES string of the molecule is CC(C)N(C)CCNC1CCN(C)C1=O. The van der Waals surface area contributed by atoms with Crippen molar-refractivity contribution in [2.24, 2.45) is 0 Å². The van der Waals surface area contributed by atoms with Crippen molar-refractivity contribution in [2.75, 3.05) is 33.7 Å². The first-order valence-corrected chi connectivity index (χ1v) is 5.71. The van der Waals surface area contributed by atoms with Crippen LogP contribution in [0.4, 0.5) is 0 Å². The molecule has 1 aliphatic rings. The molecular weight excluding hydrogens is 190 g/mol. The van der Waals surface area contributed by atoms with E-state index in [1.807, 2.05) is 7.05 Å². The Morgan fingerprint density at radius 3 is 2.73 bits per heavy atom. The third-order valence-electron chi connectivity index (χ3n) is 3.16. The number of amides is 1. The molecule has 1 saturated heterocycles. The van der Waals surface area contributed by atoms with Crippen LogP contribution in [0.1, 0.15) is 20.3 Å². The van der Waals surface area contributed by atoms with Crippen LogP contribution in [0.2, 0.25) is 0 Å². The molecule has 0 aromatic carbocycles. The third kappa shape index (κ3) is 3.47. The first kappa shape index (κ1) is 12.5. The summed E-state index contributed by atoms with van der Waals surface area (Å²) in [6.45, 7) is 7.11. The van der Waals surface area contributed by atoms with Crippen LogP contribution in [-0.2, 0) is 4.79 Å². The molecule has 88 valence electrons. The largest absolute Gasteiger partial charge is 0.344 e. The van der Waals surface area contributed by atoms with Gasteiger partial charge in [0.05, 0.1) is 6.04 Å². The van der Waals surface area contributed by atoms with Crippen molar-refractivity contribution in [3.63, 3.8) is 0 Å². The summed E-state index contributed by atoms with van der Waals surface area (Å²) >= 11 is 0. The predicted molar refractivity (Wildman–Crippen MR) is 61.8 cm³/mol. The van der Waals surface area contributed by atoms with E-state index >= 15 is 0 Å². The molecule has 1 N–H and O–H groups in total. The molecule has 1 unspecified atom stereocenters. The van der Waals surface area contributed by atoms with E-state index in [2.05, 4.69) is 31.1 Å². The van der Waals surface area contributed by atoms with Crippen molar-refractivity contribution in [3.05, 3.63) is 0 Å². The van der Waals surface area contributed by atoms with Gasteiger partial charge in [-0.05, 0) is 27.3 Å². The van der Waals surface area contributed by atoms with E-state index in [9.17, 15) is 4.79 Å². The summed E-state index contributed by atoms with van der Waals surface area (Å²) in [5.41, 5.74) is 0. The van der Waals surface area contributed by atoms with Gasteiger partial charge in [0, 0.05) is 32.7 Å². The Morgan fingerprint density at radius 1 is 1.60 bits per heavy atom. The second-order valence-electron chi connectivity index (χ2n) is 4.63. The molecule has 15 heavy (non-hydrogen) atoms. The van der Waals surface area contributed by atoms with E-state index in [1.54, 1.807) is 4.90 Å². The van der Waals surface area contributed by atoms with Gasteiger partial charge in [0.1, 0.15) is 0 Å². The third-order valence-corrected chi connectivity index (χ3v) is 3.16. The van der Waals surface area contributed by atoms with Gasteiger partial charge >= 0.3 is 0 Å². The summed E-state index contributed by atoms with van der Waals surface area (Å²) in [4.78, 5) is 15.6. The van der Waals surface area contributed by atoms with Gasteiger partial charge in [0.25, 0.3) is 0 Å². The van der Waals surface area contributed by atoms with Gasteiger partial charge in [-0.2, -0.15) is 0 Å². The molecule has 4 nitrogen and oxygen atoms in total. The van der Waals surface area contributed by atoms with Gasteiger partial charge in [0.2, 0.25) is 5.91 Å². The lowest BCUT2D eigenvalue weighted by Crippen LogP contribution is -2.41. The monoisotopic (exact) mass is 213 g/mol. The highest BCUT2D eigenvalue weighted by atomic mass is 16.2. The number of hydrogen-bond donors (Lipinski definition) is 1. The molecule has 0 spiro atoms. The fourth-order valence-corrected chi connectivity index (χ4v) is 1.69. The standard InChI is InChI=1S/C11H23N3O/c1-9(2)13(3)8-6-12-10-5-7-14(4)11(10)15/h9-10,12H,5-8H2,1-4H3. The summed E-state index contributed by atoms with van der Waals surface area (Å²) < 4.78 is 0. The van der Waals surface area contributed by atoms with Crippen molar-refractivity contribution >= 4 is 5.91 Å². The topological polar surface area (TPSA) is 35.6 Å². The molecule has 0 saturated carbocycles. The van der Waals surface area contributed by atoms with Gasteiger partial charge in [-0.15, -0.1) is 0 Å². The summed E-state index contributed by atoms with van der Waals surface area (Å²) in [7, 11) is 3.97. The Kier molecular flexibility index (Phi) is 4.54. The van der Waals surface area contributed by atoms with Crippen molar-refractivity contribution in [1.82, 2.24) is 15.1 Å². The molecule has 1 atom stereocenters. The minimum atomic E-state index is 0.0514. The number of likely N-dealkylation sites (tertiary alicyclic amines) is 1. The number of nitrogens with one attached hydrogen (secondary N) is 1. The van der Waals surface area contributed by atoms with E-state index < -0.39 is 0 Å². The van der Waals surface area contributed by atoms with Gasteiger partial charge in [0.15, 0.2) is 0 Å². The van der Waals surface area contributed by atoms with Crippen LogP contribution in [0.25, 0.3) is 0 Å². The number of carbonyl (C=O) groups is 1. The minimum absolute atomic E-state index is 0.0514. The lowest BCUT2D eigenvalue weighted by atomic mass is 10.2. The molecule has 1 fully saturated rings. The van der Waals surface area contributed by atoms with E-state index in [0.717, 1.165) is 26.1 Å². The molecule has 1 rings (SSSR count). The van der Waals surface area contributed by atoms with Crippen molar-refractivity contribution < 1.29 is 4.79 Å². The predicted octanol–water partition coefficient (Wildman–Crippen LogP) is 0.147. The molecule has 0 bridgehead atoms. The maximum Gasteiger partial charge on any atom is 0.239 e.